The largest absolute Gasteiger partial charge is 0.354 e. The summed E-state index contributed by atoms with van der Waals surface area (Å²) in [6, 6.07) is 6.21. The van der Waals surface area contributed by atoms with E-state index in [0.29, 0.717) is 28.8 Å². The van der Waals surface area contributed by atoms with Gasteiger partial charge in [0.1, 0.15) is 23.7 Å². The molecular formula is C20H26FN5O2. The molecule has 28 heavy (non-hydrogen) atoms. The summed E-state index contributed by atoms with van der Waals surface area (Å²) in [5.74, 6) is -0.137. The van der Waals surface area contributed by atoms with Crippen LogP contribution >= 0.6 is 0 Å². The minimum Gasteiger partial charge on any atom is -0.354 e. The third kappa shape index (κ3) is 3.91. The number of benzene rings is 1. The summed E-state index contributed by atoms with van der Waals surface area (Å²) in [5, 5.41) is 7.45. The van der Waals surface area contributed by atoms with E-state index < -0.39 is 11.4 Å². The Hall–Kier alpha value is -2.74. The van der Waals surface area contributed by atoms with Gasteiger partial charge in [0.25, 0.3) is 5.56 Å². The standard InChI is InChI=1S/C20H26FN5O2/c1-4-24(5-2)11-7-10-22-19(27)13-25-20(28)18-12-15-16(21)8-6-9-17(15)26(18)14(3)23-25/h6,8-9,12H,4-5,7,10-11,13H2,1-3H3,(H,22,27). The average molecular weight is 387 g/mol. The fraction of sp³-hybridized carbons (Fsp3) is 0.450. The number of carbonyl (C=O) groups excluding carboxylic acids is 1. The van der Waals surface area contributed by atoms with Crippen LogP contribution in [0.25, 0.3) is 16.4 Å². The Balaban J connectivity index is 1.76. The Morgan fingerprint density at radius 1 is 1.25 bits per heavy atom. The van der Waals surface area contributed by atoms with Crippen molar-refractivity contribution in [1.29, 1.82) is 0 Å². The molecule has 8 heteroatoms. The number of rotatable bonds is 8. The molecule has 0 saturated carbocycles. The molecule has 1 aromatic carbocycles. The average Bonchev–Trinajstić information content (AvgIpc) is 3.08. The van der Waals surface area contributed by atoms with E-state index >= 15 is 0 Å². The summed E-state index contributed by atoms with van der Waals surface area (Å²) in [7, 11) is 0. The Bertz CT molecular complexity index is 1050. The van der Waals surface area contributed by atoms with Gasteiger partial charge in [0, 0.05) is 11.9 Å². The van der Waals surface area contributed by atoms with E-state index in [4.69, 9.17) is 0 Å². The van der Waals surface area contributed by atoms with Crippen molar-refractivity contribution in [2.24, 2.45) is 0 Å². The van der Waals surface area contributed by atoms with Gasteiger partial charge >= 0.3 is 0 Å². The second-order valence-corrected chi connectivity index (χ2v) is 6.78. The quantitative estimate of drug-likeness (QED) is 0.600. The topological polar surface area (TPSA) is 71.6 Å². The highest BCUT2D eigenvalue weighted by Crippen LogP contribution is 2.21. The van der Waals surface area contributed by atoms with Crippen LogP contribution in [0.5, 0.6) is 0 Å². The number of fused-ring (bicyclic) bond motifs is 3. The SMILES string of the molecule is CCN(CC)CCCNC(=O)Cn1nc(C)n2c(cc3c(F)cccc32)c1=O. The van der Waals surface area contributed by atoms with Gasteiger partial charge in [0.05, 0.1) is 5.52 Å². The van der Waals surface area contributed by atoms with Gasteiger partial charge < -0.3 is 10.2 Å². The monoisotopic (exact) mass is 387 g/mol. The van der Waals surface area contributed by atoms with Gasteiger partial charge in [-0.05, 0) is 51.2 Å². The summed E-state index contributed by atoms with van der Waals surface area (Å²) in [5.41, 5.74) is 0.478. The predicted molar refractivity (Wildman–Crippen MR) is 107 cm³/mol. The molecule has 0 aliphatic rings. The van der Waals surface area contributed by atoms with Crippen LogP contribution in [0.2, 0.25) is 0 Å². The molecule has 7 nitrogen and oxygen atoms in total. The Morgan fingerprint density at radius 3 is 2.71 bits per heavy atom. The maximum atomic E-state index is 14.1. The van der Waals surface area contributed by atoms with Gasteiger partial charge in [-0.2, -0.15) is 5.10 Å². The van der Waals surface area contributed by atoms with Crippen molar-refractivity contribution in [3.63, 3.8) is 0 Å². The van der Waals surface area contributed by atoms with Crippen LogP contribution in [0.1, 0.15) is 26.1 Å². The molecule has 0 bridgehead atoms. The van der Waals surface area contributed by atoms with Crippen LogP contribution in [-0.4, -0.2) is 51.2 Å². The van der Waals surface area contributed by atoms with Crippen molar-refractivity contribution in [1.82, 2.24) is 24.4 Å². The van der Waals surface area contributed by atoms with E-state index in [1.54, 1.807) is 23.5 Å². The maximum Gasteiger partial charge on any atom is 0.291 e. The molecule has 3 rings (SSSR count). The smallest absolute Gasteiger partial charge is 0.291 e. The molecule has 1 amide bonds. The molecule has 2 aromatic heterocycles. The van der Waals surface area contributed by atoms with E-state index in [9.17, 15) is 14.0 Å². The lowest BCUT2D eigenvalue weighted by Crippen LogP contribution is -2.36. The van der Waals surface area contributed by atoms with Crippen LogP contribution < -0.4 is 10.9 Å². The lowest BCUT2D eigenvalue weighted by atomic mass is 10.2. The first-order valence-corrected chi connectivity index (χ1v) is 9.62. The molecule has 0 fully saturated rings. The summed E-state index contributed by atoms with van der Waals surface area (Å²) in [6.45, 7) is 9.21. The normalized spacial score (nSPS) is 11.6. The molecule has 0 unspecified atom stereocenters. The van der Waals surface area contributed by atoms with Gasteiger partial charge in [-0.3, -0.25) is 14.0 Å². The van der Waals surface area contributed by atoms with E-state index in [-0.39, 0.29) is 12.5 Å². The maximum absolute atomic E-state index is 14.1. The van der Waals surface area contributed by atoms with E-state index in [2.05, 4.69) is 29.2 Å². The zero-order valence-electron chi connectivity index (χ0n) is 16.5. The molecule has 3 aromatic rings. The van der Waals surface area contributed by atoms with Crippen LogP contribution in [0, 0.1) is 12.7 Å². The lowest BCUT2D eigenvalue weighted by Gasteiger charge is -2.17. The Kier molecular flexibility index (Phi) is 6.08. The molecule has 0 spiro atoms. The van der Waals surface area contributed by atoms with E-state index in [1.165, 1.54) is 12.1 Å². The first-order chi connectivity index (χ1) is 13.5. The number of aryl methyl sites for hydroxylation is 1. The minimum atomic E-state index is -0.417. The summed E-state index contributed by atoms with van der Waals surface area (Å²) >= 11 is 0. The second-order valence-electron chi connectivity index (χ2n) is 6.78. The molecule has 0 saturated heterocycles. The minimum absolute atomic E-state index is 0.161. The van der Waals surface area contributed by atoms with Gasteiger partial charge in [-0.1, -0.05) is 19.9 Å². The molecule has 1 N–H and O–H groups in total. The molecule has 150 valence electrons. The molecular weight excluding hydrogens is 361 g/mol. The van der Waals surface area contributed by atoms with Crippen molar-refractivity contribution in [2.45, 2.75) is 33.7 Å². The number of hydrogen-bond donors (Lipinski definition) is 1. The highest BCUT2D eigenvalue weighted by Gasteiger charge is 2.15. The summed E-state index contributed by atoms with van der Waals surface area (Å²) < 4.78 is 16.8. The number of halogens is 1. The van der Waals surface area contributed by atoms with Crippen molar-refractivity contribution < 1.29 is 9.18 Å². The Morgan fingerprint density at radius 2 is 2.00 bits per heavy atom. The predicted octanol–water partition coefficient (Wildman–Crippen LogP) is 1.94. The number of nitrogens with one attached hydrogen (secondary N) is 1. The number of aromatic nitrogens is 3. The Labute approximate surface area is 162 Å². The number of carbonyl (C=O) groups is 1. The van der Waals surface area contributed by atoms with Gasteiger partial charge in [-0.15, -0.1) is 0 Å². The van der Waals surface area contributed by atoms with Gasteiger partial charge in [-0.25, -0.2) is 9.07 Å². The van der Waals surface area contributed by atoms with Gasteiger partial charge in [0.2, 0.25) is 5.91 Å². The number of hydrogen-bond acceptors (Lipinski definition) is 4. The lowest BCUT2D eigenvalue weighted by molar-refractivity contribution is -0.121. The van der Waals surface area contributed by atoms with Crippen LogP contribution in [0.3, 0.4) is 0 Å². The highest BCUT2D eigenvalue weighted by molar-refractivity contribution is 5.87. The second kappa shape index (κ2) is 8.52. The molecule has 0 radical (unpaired) electrons. The molecule has 0 atom stereocenters. The third-order valence-corrected chi connectivity index (χ3v) is 5.00. The first kappa shape index (κ1) is 20.0. The van der Waals surface area contributed by atoms with Crippen LogP contribution in [0.4, 0.5) is 4.39 Å². The van der Waals surface area contributed by atoms with Gasteiger partial charge in [0.15, 0.2) is 0 Å². The van der Waals surface area contributed by atoms with E-state index in [0.717, 1.165) is 30.7 Å². The van der Waals surface area contributed by atoms with Crippen molar-refractivity contribution >= 4 is 22.3 Å². The fourth-order valence-electron chi connectivity index (χ4n) is 3.47. The third-order valence-electron chi connectivity index (χ3n) is 5.00. The van der Waals surface area contributed by atoms with Crippen molar-refractivity contribution in [3.05, 3.63) is 46.3 Å². The summed E-state index contributed by atoms with van der Waals surface area (Å²) in [6.07, 6.45) is 0.844. The number of nitrogens with zero attached hydrogens (tertiary/aromatic N) is 4. The first-order valence-electron chi connectivity index (χ1n) is 9.62. The highest BCUT2D eigenvalue weighted by atomic mass is 19.1. The number of amides is 1. The van der Waals surface area contributed by atoms with Crippen LogP contribution in [0.15, 0.2) is 29.1 Å². The van der Waals surface area contributed by atoms with Crippen LogP contribution in [-0.2, 0) is 11.3 Å². The molecule has 0 aliphatic carbocycles. The van der Waals surface area contributed by atoms with E-state index in [1.807, 2.05) is 0 Å². The molecule has 2 heterocycles. The fourth-order valence-corrected chi connectivity index (χ4v) is 3.47. The summed E-state index contributed by atoms with van der Waals surface area (Å²) in [4.78, 5) is 27.3. The zero-order chi connectivity index (χ0) is 20.3. The molecule has 0 aliphatic heterocycles. The van der Waals surface area contributed by atoms with Crippen molar-refractivity contribution in [2.75, 3.05) is 26.2 Å². The zero-order valence-corrected chi connectivity index (χ0v) is 16.5. The van der Waals surface area contributed by atoms with Crippen molar-refractivity contribution in [3.8, 4) is 0 Å².